The minimum atomic E-state index is -0.567. The number of rotatable bonds is 4. The number of methoxy groups -OCH3 is 2. The van der Waals surface area contributed by atoms with Crippen molar-refractivity contribution in [3.05, 3.63) is 23.8 Å². The SMILES string of the molecule is COc1ccc(C(C)NC(=O)C(=O)N2C(C)CCCC2C)cc1OC. The van der Waals surface area contributed by atoms with Crippen LogP contribution in [0.1, 0.15) is 51.6 Å². The summed E-state index contributed by atoms with van der Waals surface area (Å²) in [6.07, 6.45) is 2.97. The van der Waals surface area contributed by atoms with E-state index in [0.29, 0.717) is 11.5 Å². The summed E-state index contributed by atoms with van der Waals surface area (Å²) >= 11 is 0. The summed E-state index contributed by atoms with van der Waals surface area (Å²) in [6, 6.07) is 5.32. The van der Waals surface area contributed by atoms with Gasteiger partial charge >= 0.3 is 11.8 Å². The molecular weight excluding hydrogens is 320 g/mol. The van der Waals surface area contributed by atoms with Crippen LogP contribution in [0, 0.1) is 0 Å². The van der Waals surface area contributed by atoms with E-state index in [1.807, 2.05) is 26.8 Å². The van der Waals surface area contributed by atoms with Gasteiger partial charge in [-0.25, -0.2) is 0 Å². The molecule has 0 spiro atoms. The van der Waals surface area contributed by atoms with E-state index in [2.05, 4.69) is 5.32 Å². The minimum Gasteiger partial charge on any atom is -0.493 e. The summed E-state index contributed by atoms with van der Waals surface area (Å²) in [6.45, 7) is 5.84. The number of hydrogen-bond acceptors (Lipinski definition) is 4. The largest absolute Gasteiger partial charge is 0.493 e. The summed E-state index contributed by atoms with van der Waals surface area (Å²) in [5.74, 6) is 0.192. The van der Waals surface area contributed by atoms with Gasteiger partial charge in [-0.2, -0.15) is 0 Å². The second kappa shape index (κ2) is 8.23. The number of piperidine rings is 1. The highest BCUT2D eigenvalue weighted by molar-refractivity contribution is 6.35. The fourth-order valence-electron chi connectivity index (χ4n) is 3.40. The van der Waals surface area contributed by atoms with Crippen molar-refractivity contribution in [2.75, 3.05) is 14.2 Å². The Morgan fingerprint density at radius 2 is 1.72 bits per heavy atom. The number of ether oxygens (including phenoxy) is 2. The number of amides is 2. The summed E-state index contributed by atoms with van der Waals surface area (Å²) in [5, 5.41) is 2.80. The molecule has 3 atom stereocenters. The molecule has 1 N–H and O–H groups in total. The maximum absolute atomic E-state index is 12.6. The van der Waals surface area contributed by atoms with Gasteiger partial charge in [0.25, 0.3) is 0 Å². The Hall–Kier alpha value is -2.24. The van der Waals surface area contributed by atoms with Crippen LogP contribution >= 0.6 is 0 Å². The zero-order valence-corrected chi connectivity index (χ0v) is 15.7. The molecule has 0 aromatic heterocycles. The van der Waals surface area contributed by atoms with Gasteiger partial charge in [0.05, 0.1) is 20.3 Å². The lowest BCUT2D eigenvalue weighted by Gasteiger charge is -2.38. The molecule has 0 radical (unpaired) electrons. The maximum atomic E-state index is 12.6. The van der Waals surface area contributed by atoms with Crippen molar-refractivity contribution in [2.24, 2.45) is 0 Å². The fourth-order valence-corrected chi connectivity index (χ4v) is 3.40. The molecule has 1 aliphatic heterocycles. The first-order valence-electron chi connectivity index (χ1n) is 8.74. The van der Waals surface area contributed by atoms with E-state index in [-0.39, 0.29) is 18.1 Å². The van der Waals surface area contributed by atoms with Gasteiger partial charge in [0.15, 0.2) is 11.5 Å². The Morgan fingerprint density at radius 3 is 2.28 bits per heavy atom. The monoisotopic (exact) mass is 348 g/mol. The smallest absolute Gasteiger partial charge is 0.312 e. The first-order chi connectivity index (χ1) is 11.9. The molecule has 0 bridgehead atoms. The van der Waals surface area contributed by atoms with Gasteiger partial charge in [-0.3, -0.25) is 9.59 Å². The van der Waals surface area contributed by atoms with Crippen molar-refractivity contribution >= 4 is 11.8 Å². The third-order valence-corrected chi connectivity index (χ3v) is 4.88. The van der Waals surface area contributed by atoms with Crippen LogP contribution in [-0.2, 0) is 9.59 Å². The Labute approximate surface area is 149 Å². The molecule has 25 heavy (non-hydrogen) atoms. The van der Waals surface area contributed by atoms with Crippen LogP contribution in [0.25, 0.3) is 0 Å². The number of hydrogen-bond donors (Lipinski definition) is 1. The van der Waals surface area contributed by atoms with E-state index in [1.165, 1.54) is 0 Å². The van der Waals surface area contributed by atoms with E-state index in [4.69, 9.17) is 9.47 Å². The molecule has 1 saturated heterocycles. The van der Waals surface area contributed by atoms with Crippen LogP contribution in [0.5, 0.6) is 11.5 Å². The molecule has 1 aromatic carbocycles. The van der Waals surface area contributed by atoms with Crippen LogP contribution in [0.4, 0.5) is 0 Å². The highest BCUT2D eigenvalue weighted by atomic mass is 16.5. The van der Waals surface area contributed by atoms with E-state index in [1.54, 1.807) is 31.3 Å². The average Bonchev–Trinajstić information content (AvgIpc) is 2.60. The molecule has 2 amide bonds. The first kappa shape index (κ1) is 19.1. The quantitative estimate of drug-likeness (QED) is 0.850. The Bertz CT molecular complexity index is 622. The van der Waals surface area contributed by atoms with E-state index < -0.39 is 11.8 Å². The molecule has 0 saturated carbocycles. The van der Waals surface area contributed by atoms with Gasteiger partial charge in [-0.1, -0.05) is 6.07 Å². The van der Waals surface area contributed by atoms with Crippen molar-refractivity contribution in [3.8, 4) is 11.5 Å². The molecule has 138 valence electrons. The molecule has 6 heteroatoms. The Balaban J connectivity index is 2.07. The normalized spacial score (nSPS) is 21.4. The van der Waals surface area contributed by atoms with Crippen LogP contribution in [0.3, 0.4) is 0 Å². The van der Waals surface area contributed by atoms with Crippen molar-refractivity contribution in [1.82, 2.24) is 10.2 Å². The Kier molecular flexibility index (Phi) is 6.28. The third kappa shape index (κ3) is 4.24. The van der Waals surface area contributed by atoms with Crippen LogP contribution in [0.15, 0.2) is 18.2 Å². The average molecular weight is 348 g/mol. The van der Waals surface area contributed by atoms with Crippen LogP contribution in [-0.4, -0.2) is 43.0 Å². The number of benzene rings is 1. The number of carbonyl (C=O) groups is 2. The predicted octanol–water partition coefficient (Wildman–Crippen LogP) is 2.67. The second-order valence-electron chi connectivity index (χ2n) is 6.65. The summed E-state index contributed by atoms with van der Waals surface area (Å²) in [5.41, 5.74) is 0.846. The first-order valence-corrected chi connectivity index (χ1v) is 8.74. The molecule has 0 aliphatic carbocycles. The van der Waals surface area contributed by atoms with Crippen molar-refractivity contribution in [2.45, 2.75) is 58.2 Å². The van der Waals surface area contributed by atoms with Crippen molar-refractivity contribution in [3.63, 3.8) is 0 Å². The van der Waals surface area contributed by atoms with Crippen LogP contribution < -0.4 is 14.8 Å². The number of nitrogens with one attached hydrogen (secondary N) is 1. The highest BCUT2D eigenvalue weighted by Gasteiger charge is 2.33. The number of nitrogens with zero attached hydrogens (tertiary/aromatic N) is 1. The number of likely N-dealkylation sites (tertiary alicyclic amines) is 1. The minimum absolute atomic E-state index is 0.0957. The Morgan fingerprint density at radius 1 is 1.12 bits per heavy atom. The predicted molar refractivity (Wildman–Crippen MR) is 95.7 cm³/mol. The van der Waals surface area contributed by atoms with Crippen molar-refractivity contribution < 1.29 is 19.1 Å². The highest BCUT2D eigenvalue weighted by Crippen LogP contribution is 2.30. The molecule has 1 aromatic rings. The fraction of sp³-hybridized carbons (Fsp3) is 0.579. The van der Waals surface area contributed by atoms with Gasteiger partial charge in [-0.15, -0.1) is 0 Å². The molecule has 6 nitrogen and oxygen atoms in total. The van der Waals surface area contributed by atoms with Gasteiger partial charge < -0.3 is 19.7 Å². The lowest BCUT2D eigenvalue weighted by atomic mass is 9.97. The number of carbonyl (C=O) groups excluding carboxylic acids is 2. The third-order valence-electron chi connectivity index (χ3n) is 4.88. The van der Waals surface area contributed by atoms with Crippen molar-refractivity contribution in [1.29, 1.82) is 0 Å². The molecule has 3 unspecified atom stereocenters. The standard InChI is InChI=1S/C19H28N2O4/c1-12-7-6-8-13(2)21(12)19(23)18(22)20-14(3)15-9-10-16(24-4)17(11-15)25-5/h9-14H,6-8H2,1-5H3,(H,20,22). The molecule has 1 fully saturated rings. The zero-order chi connectivity index (χ0) is 18.6. The molecule has 2 rings (SSSR count). The maximum Gasteiger partial charge on any atom is 0.312 e. The lowest BCUT2D eigenvalue weighted by Crippen LogP contribution is -2.53. The van der Waals surface area contributed by atoms with Crippen LogP contribution in [0.2, 0.25) is 0 Å². The molecular formula is C19H28N2O4. The summed E-state index contributed by atoms with van der Waals surface area (Å²) in [4.78, 5) is 26.7. The van der Waals surface area contributed by atoms with Gasteiger partial charge in [0, 0.05) is 12.1 Å². The van der Waals surface area contributed by atoms with Gasteiger partial charge in [0.1, 0.15) is 0 Å². The second-order valence-corrected chi connectivity index (χ2v) is 6.65. The zero-order valence-electron chi connectivity index (χ0n) is 15.7. The topological polar surface area (TPSA) is 67.9 Å². The lowest BCUT2D eigenvalue weighted by molar-refractivity contribution is -0.150. The van der Waals surface area contributed by atoms with E-state index in [9.17, 15) is 9.59 Å². The summed E-state index contributed by atoms with van der Waals surface area (Å²) < 4.78 is 10.5. The van der Waals surface area contributed by atoms with Gasteiger partial charge in [-0.05, 0) is 57.7 Å². The summed E-state index contributed by atoms with van der Waals surface area (Å²) in [7, 11) is 3.13. The van der Waals surface area contributed by atoms with E-state index >= 15 is 0 Å². The van der Waals surface area contributed by atoms with E-state index in [0.717, 1.165) is 24.8 Å². The molecule has 1 aliphatic rings. The van der Waals surface area contributed by atoms with Gasteiger partial charge in [0.2, 0.25) is 0 Å². The molecule has 1 heterocycles.